The van der Waals surface area contributed by atoms with Gasteiger partial charge in [-0.25, -0.2) is 14.0 Å². The van der Waals surface area contributed by atoms with Crippen LogP contribution in [0.15, 0.2) is 35.5 Å². The van der Waals surface area contributed by atoms with Crippen LogP contribution in [0.1, 0.15) is 25.8 Å². The number of benzene rings is 1. The zero-order valence-corrected chi connectivity index (χ0v) is 14.6. The maximum Gasteiger partial charge on any atom is 0.338 e. The molecule has 26 heavy (non-hydrogen) atoms. The van der Waals surface area contributed by atoms with Crippen LogP contribution >= 0.6 is 0 Å². The average Bonchev–Trinajstić information content (AvgIpc) is 2.61. The Labute approximate surface area is 150 Å². The van der Waals surface area contributed by atoms with E-state index in [4.69, 9.17) is 9.47 Å². The fourth-order valence-electron chi connectivity index (χ4n) is 2.55. The van der Waals surface area contributed by atoms with Crippen molar-refractivity contribution >= 4 is 18.0 Å². The van der Waals surface area contributed by atoms with Crippen LogP contribution in [-0.2, 0) is 25.5 Å². The van der Waals surface area contributed by atoms with E-state index in [1.807, 2.05) is 6.92 Å². The lowest BCUT2D eigenvalue weighted by Gasteiger charge is -2.28. The van der Waals surface area contributed by atoms with Gasteiger partial charge in [-0.15, -0.1) is 0 Å². The number of hydrogen-bond acceptors (Lipinski definition) is 5. The van der Waals surface area contributed by atoms with E-state index in [-0.39, 0.29) is 30.9 Å². The molecule has 1 aliphatic heterocycles. The van der Waals surface area contributed by atoms with Gasteiger partial charge in [0.15, 0.2) is 0 Å². The van der Waals surface area contributed by atoms with E-state index in [0.717, 1.165) is 0 Å². The predicted octanol–water partition coefficient (Wildman–Crippen LogP) is 1.82. The van der Waals surface area contributed by atoms with Gasteiger partial charge in [0.25, 0.3) is 0 Å². The van der Waals surface area contributed by atoms with E-state index in [2.05, 4.69) is 10.6 Å². The second kappa shape index (κ2) is 8.98. The van der Waals surface area contributed by atoms with Gasteiger partial charge in [0.2, 0.25) is 0 Å². The molecule has 0 bridgehead atoms. The Kier molecular flexibility index (Phi) is 6.71. The SMILES string of the molecule is CCOC(=O)C1=C(COC(=O)Cc2ccc(F)cc2)NC(=O)N[C@@H]1CC. The van der Waals surface area contributed by atoms with Gasteiger partial charge in [-0.2, -0.15) is 0 Å². The predicted molar refractivity (Wildman–Crippen MR) is 90.5 cm³/mol. The maximum absolute atomic E-state index is 12.9. The van der Waals surface area contributed by atoms with Crippen LogP contribution < -0.4 is 10.6 Å². The summed E-state index contributed by atoms with van der Waals surface area (Å²) in [5.41, 5.74) is 1.03. The number of amides is 2. The average molecular weight is 364 g/mol. The number of carbonyl (C=O) groups is 3. The second-order valence-electron chi connectivity index (χ2n) is 5.64. The van der Waals surface area contributed by atoms with Crippen LogP contribution in [0, 0.1) is 5.82 Å². The number of ether oxygens (including phenoxy) is 2. The summed E-state index contributed by atoms with van der Waals surface area (Å²) < 4.78 is 23.1. The van der Waals surface area contributed by atoms with Gasteiger partial charge in [0.1, 0.15) is 12.4 Å². The fraction of sp³-hybridized carbons (Fsp3) is 0.389. The monoisotopic (exact) mass is 364 g/mol. The van der Waals surface area contributed by atoms with Crippen molar-refractivity contribution in [3.05, 3.63) is 46.9 Å². The lowest BCUT2D eigenvalue weighted by Crippen LogP contribution is -2.51. The summed E-state index contributed by atoms with van der Waals surface area (Å²) in [6, 6.07) is 4.48. The normalized spacial score (nSPS) is 16.6. The van der Waals surface area contributed by atoms with Crippen LogP contribution in [0.5, 0.6) is 0 Å². The van der Waals surface area contributed by atoms with Gasteiger partial charge in [0.05, 0.1) is 30.3 Å². The van der Waals surface area contributed by atoms with Gasteiger partial charge < -0.3 is 20.1 Å². The third-order valence-corrected chi connectivity index (χ3v) is 3.79. The molecule has 0 unspecified atom stereocenters. The minimum atomic E-state index is -0.573. The molecule has 1 aromatic rings. The number of hydrogen-bond donors (Lipinski definition) is 2. The van der Waals surface area contributed by atoms with E-state index in [0.29, 0.717) is 12.0 Å². The molecule has 2 rings (SSSR count). The molecule has 1 aliphatic rings. The highest BCUT2D eigenvalue weighted by molar-refractivity contribution is 5.94. The minimum Gasteiger partial charge on any atom is -0.463 e. The Morgan fingerprint density at radius 1 is 1.15 bits per heavy atom. The summed E-state index contributed by atoms with van der Waals surface area (Å²) in [6.07, 6.45) is 0.431. The van der Waals surface area contributed by atoms with Gasteiger partial charge in [-0.3, -0.25) is 4.79 Å². The topological polar surface area (TPSA) is 93.7 Å². The van der Waals surface area contributed by atoms with Crippen molar-refractivity contribution < 1.29 is 28.2 Å². The van der Waals surface area contributed by atoms with Crippen molar-refractivity contribution in [1.82, 2.24) is 10.6 Å². The number of rotatable bonds is 7. The van der Waals surface area contributed by atoms with Crippen LogP contribution in [0.3, 0.4) is 0 Å². The summed E-state index contributed by atoms with van der Waals surface area (Å²) in [4.78, 5) is 35.9. The minimum absolute atomic E-state index is 0.0499. The number of esters is 2. The van der Waals surface area contributed by atoms with Crippen molar-refractivity contribution in [3.8, 4) is 0 Å². The number of nitrogens with one attached hydrogen (secondary N) is 2. The first-order chi connectivity index (χ1) is 12.4. The molecule has 0 saturated carbocycles. The zero-order chi connectivity index (χ0) is 19.1. The van der Waals surface area contributed by atoms with Crippen LogP contribution in [-0.4, -0.2) is 37.2 Å². The van der Waals surface area contributed by atoms with Crippen molar-refractivity contribution in [1.29, 1.82) is 0 Å². The first kappa shape index (κ1) is 19.4. The summed E-state index contributed by atoms with van der Waals surface area (Å²) >= 11 is 0. The van der Waals surface area contributed by atoms with E-state index in [1.165, 1.54) is 24.3 Å². The van der Waals surface area contributed by atoms with E-state index in [1.54, 1.807) is 6.92 Å². The summed E-state index contributed by atoms with van der Waals surface area (Å²) in [5, 5.41) is 5.13. The molecule has 2 amide bonds. The lowest BCUT2D eigenvalue weighted by molar-refractivity contribution is -0.143. The smallest absolute Gasteiger partial charge is 0.338 e. The molecule has 0 spiro atoms. The Morgan fingerprint density at radius 3 is 2.46 bits per heavy atom. The van der Waals surface area contributed by atoms with Gasteiger partial charge >= 0.3 is 18.0 Å². The summed E-state index contributed by atoms with van der Waals surface area (Å²) in [6.45, 7) is 3.41. The molecule has 0 radical (unpaired) electrons. The van der Waals surface area contributed by atoms with Crippen molar-refractivity contribution in [2.45, 2.75) is 32.7 Å². The molecule has 1 atom stereocenters. The molecule has 0 saturated heterocycles. The van der Waals surface area contributed by atoms with E-state index in [9.17, 15) is 18.8 Å². The first-order valence-electron chi connectivity index (χ1n) is 8.32. The molecule has 7 nitrogen and oxygen atoms in total. The Hall–Kier alpha value is -2.90. The van der Waals surface area contributed by atoms with Crippen LogP contribution in [0.25, 0.3) is 0 Å². The van der Waals surface area contributed by atoms with Crippen molar-refractivity contribution in [2.75, 3.05) is 13.2 Å². The molecule has 8 heteroatoms. The standard InChI is InChI=1S/C18H21FN2O5/c1-3-13-16(17(23)25-4-2)14(21-18(24)20-13)10-26-15(22)9-11-5-7-12(19)8-6-11/h5-8,13H,3-4,9-10H2,1-2H3,(H2,20,21,24)/t13-/m1/s1. The molecular weight excluding hydrogens is 343 g/mol. The van der Waals surface area contributed by atoms with Crippen LogP contribution in [0.4, 0.5) is 9.18 Å². The maximum atomic E-state index is 12.9. The zero-order valence-electron chi connectivity index (χ0n) is 14.6. The Balaban J connectivity index is 2.09. The quantitative estimate of drug-likeness (QED) is 0.720. The Bertz CT molecular complexity index is 715. The molecule has 0 fully saturated rings. The Morgan fingerprint density at radius 2 is 1.85 bits per heavy atom. The molecule has 1 aromatic carbocycles. The number of urea groups is 1. The molecule has 140 valence electrons. The van der Waals surface area contributed by atoms with E-state index >= 15 is 0 Å². The molecular formula is C18H21FN2O5. The first-order valence-corrected chi connectivity index (χ1v) is 8.32. The van der Waals surface area contributed by atoms with E-state index < -0.39 is 29.8 Å². The summed E-state index contributed by atoms with van der Waals surface area (Å²) in [7, 11) is 0. The third kappa shape index (κ3) is 5.05. The van der Waals surface area contributed by atoms with Crippen LogP contribution in [0.2, 0.25) is 0 Å². The summed E-state index contributed by atoms with van der Waals surface area (Å²) in [5.74, 6) is -1.53. The molecule has 2 N–H and O–H groups in total. The lowest BCUT2D eigenvalue weighted by atomic mass is 10.0. The number of carbonyl (C=O) groups excluding carboxylic acids is 3. The van der Waals surface area contributed by atoms with Gasteiger partial charge in [0, 0.05) is 0 Å². The number of halogens is 1. The second-order valence-corrected chi connectivity index (χ2v) is 5.64. The highest BCUT2D eigenvalue weighted by Crippen LogP contribution is 2.17. The largest absolute Gasteiger partial charge is 0.463 e. The fourth-order valence-corrected chi connectivity index (χ4v) is 2.55. The highest BCUT2D eigenvalue weighted by Gasteiger charge is 2.31. The van der Waals surface area contributed by atoms with Gasteiger partial charge in [-0.05, 0) is 31.0 Å². The highest BCUT2D eigenvalue weighted by atomic mass is 19.1. The van der Waals surface area contributed by atoms with Crippen molar-refractivity contribution in [2.24, 2.45) is 0 Å². The van der Waals surface area contributed by atoms with Gasteiger partial charge in [-0.1, -0.05) is 19.1 Å². The molecule has 0 aliphatic carbocycles. The third-order valence-electron chi connectivity index (χ3n) is 3.79. The molecule has 1 heterocycles. The van der Waals surface area contributed by atoms with Crippen molar-refractivity contribution in [3.63, 3.8) is 0 Å². The molecule has 0 aromatic heterocycles.